The molecule has 1 aromatic carbocycles. The van der Waals surface area contributed by atoms with Gasteiger partial charge in [0.2, 0.25) is 5.91 Å². The van der Waals surface area contributed by atoms with Crippen molar-refractivity contribution < 1.29 is 22.7 Å². The third-order valence-corrected chi connectivity index (χ3v) is 5.58. The predicted molar refractivity (Wildman–Crippen MR) is 88.2 cm³/mol. The predicted octanol–water partition coefficient (Wildman–Crippen LogP) is 4.01. The van der Waals surface area contributed by atoms with Gasteiger partial charge in [0.1, 0.15) is 0 Å². The summed E-state index contributed by atoms with van der Waals surface area (Å²) in [4.78, 5) is 14.9. The van der Waals surface area contributed by atoms with Gasteiger partial charge in [0.05, 0.1) is 17.6 Å². The second kappa shape index (κ2) is 6.31. The van der Waals surface area contributed by atoms with Crippen LogP contribution in [0, 0.1) is 5.41 Å². The average Bonchev–Trinajstić information content (AvgIpc) is 2.97. The van der Waals surface area contributed by atoms with Crippen molar-refractivity contribution in [1.29, 1.82) is 0 Å². The van der Waals surface area contributed by atoms with Crippen LogP contribution >= 0.6 is 0 Å². The molecule has 0 aliphatic carbocycles. The topological polar surface area (TPSA) is 29.5 Å². The molecule has 0 aromatic heterocycles. The number of hydrogen-bond acceptors (Lipinski definition) is 2. The van der Waals surface area contributed by atoms with Gasteiger partial charge in [-0.05, 0) is 44.7 Å². The average molecular weight is 355 g/mol. The van der Waals surface area contributed by atoms with Gasteiger partial charge < -0.3 is 9.64 Å². The fourth-order valence-electron chi connectivity index (χ4n) is 3.94. The number of halogens is 3. The highest BCUT2D eigenvalue weighted by molar-refractivity contribution is 5.87. The number of hydrogen-bond donors (Lipinski definition) is 0. The number of likely N-dealkylation sites (tertiary alicyclic amines) is 1. The zero-order valence-electron chi connectivity index (χ0n) is 14.7. The minimum Gasteiger partial charge on any atom is -0.381 e. The molecule has 2 fully saturated rings. The first kappa shape index (κ1) is 18.2. The second-order valence-corrected chi connectivity index (χ2v) is 7.84. The van der Waals surface area contributed by atoms with E-state index in [1.165, 1.54) is 6.07 Å². The molecule has 0 N–H and O–H groups in total. The monoisotopic (exact) mass is 355 g/mol. The lowest BCUT2D eigenvalue weighted by atomic mass is 9.81. The van der Waals surface area contributed by atoms with Crippen molar-refractivity contribution in [2.24, 2.45) is 5.41 Å². The maximum absolute atomic E-state index is 13.1. The first-order chi connectivity index (χ1) is 11.6. The van der Waals surface area contributed by atoms with Crippen molar-refractivity contribution in [3.05, 3.63) is 35.4 Å². The van der Waals surface area contributed by atoms with E-state index in [1.807, 2.05) is 0 Å². The van der Waals surface area contributed by atoms with E-state index in [4.69, 9.17) is 4.74 Å². The van der Waals surface area contributed by atoms with Crippen LogP contribution in [0.15, 0.2) is 24.3 Å². The Hall–Kier alpha value is -1.56. The van der Waals surface area contributed by atoms with Crippen LogP contribution in [0.2, 0.25) is 0 Å². The largest absolute Gasteiger partial charge is 0.416 e. The van der Waals surface area contributed by atoms with Gasteiger partial charge in [-0.25, -0.2) is 0 Å². The van der Waals surface area contributed by atoms with Crippen molar-refractivity contribution in [3.8, 4) is 0 Å². The maximum Gasteiger partial charge on any atom is 0.416 e. The lowest BCUT2D eigenvalue weighted by molar-refractivity contribution is -0.139. The number of alkyl halides is 3. The summed E-state index contributed by atoms with van der Waals surface area (Å²) in [7, 11) is 0. The van der Waals surface area contributed by atoms with Crippen molar-refractivity contribution in [3.63, 3.8) is 0 Å². The lowest BCUT2D eigenvalue weighted by Crippen LogP contribution is -2.44. The Morgan fingerprint density at radius 3 is 2.56 bits per heavy atom. The lowest BCUT2D eigenvalue weighted by Gasteiger charge is -2.35. The minimum atomic E-state index is -4.41. The van der Waals surface area contributed by atoms with Crippen LogP contribution in [0.1, 0.15) is 44.2 Å². The number of amides is 1. The number of ether oxygens (including phenoxy) is 1. The fraction of sp³-hybridized carbons (Fsp3) is 0.632. The summed E-state index contributed by atoms with van der Waals surface area (Å²) in [6.45, 7) is 6.12. The van der Waals surface area contributed by atoms with Gasteiger partial charge >= 0.3 is 6.18 Å². The summed E-state index contributed by atoms with van der Waals surface area (Å²) in [6.07, 6.45) is -1.47. The number of carbonyl (C=O) groups excluding carboxylic acids is 1. The van der Waals surface area contributed by atoms with Gasteiger partial charge in [0.15, 0.2) is 0 Å². The van der Waals surface area contributed by atoms with Crippen molar-refractivity contribution in [1.82, 2.24) is 4.90 Å². The van der Waals surface area contributed by atoms with Crippen LogP contribution in [-0.2, 0) is 21.1 Å². The summed E-state index contributed by atoms with van der Waals surface area (Å²) in [5.74, 6) is -0.116. The van der Waals surface area contributed by atoms with Crippen LogP contribution in [0.5, 0.6) is 0 Å². The van der Waals surface area contributed by atoms with Crippen molar-refractivity contribution in [2.75, 3.05) is 26.3 Å². The van der Waals surface area contributed by atoms with Crippen LogP contribution in [0.4, 0.5) is 13.2 Å². The van der Waals surface area contributed by atoms with Gasteiger partial charge in [0, 0.05) is 25.1 Å². The smallest absolute Gasteiger partial charge is 0.381 e. The normalized spacial score (nSPS) is 24.8. The Labute approximate surface area is 146 Å². The van der Waals surface area contributed by atoms with Crippen LogP contribution < -0.4 is 0 Å². The van der Waals surface area contributed by atoms with Gasteiger partial charge in [-0.3, -0.25) is 4.79 Å². The molecule has 2 saturated heterocycles. The molecule has 0 saturated carbocycles. The van der Waals surface area contributed by atoms with Gasteiger partial charge in [-0.1, -0.05) is 18.2 Å². The molecule has 25 heavy (non-hydrogen) atoms. The molecule has 1 amide bonds. The van der Waals surface area contributed by atoms with E-state index in [0.29, 0.717) is 25.3 Å². The molecule has 2 aliphatic heterocycles. The molecule has 3 nitrogen and oxygen atoms in total. The van der Waals surface area contributed by atoms with Gasteiger partial charge in [-0.15, -0.1) is 0 Å². The Balaban J connectivity index is 1.79. The Bertz CT molecular complexity index is 648. The summed E-state index contributed by atoms with van der Waals surface area (Å²) in [6, 6.07) is 5.10. The summed E-state index contributed by atoms with van der Waals surface area (Å²) >= 11 is 0. The standard InChI is InChI=1S/C19H24F3NO2/c1-17(2,14-5-3-6-15(11-14)19(20,21)22)16(24)23-9-8-18(12-23)7-4-10-25-13-18/h3,5-6,11H,4,7-10,12-13H2,1-2H3. The summed E-state index contributed by atoms with van der Waals surface area (Å²) in [5, 5.41) is 0. The molecule has 6 heteroatoms. The Morgan fingerprint density at radius 1 is 1.20 bits per heavy atom. The molecule has 2 heterocycles. The molecule has 0 bridgehead atoms. The number of carbonyl (C=O) groups is 1. The van der Waals surface area contributed by atoms with Crippen LogP contribution in [0.25, 0.3) is 0 Å². The third kappa shape index (κ3) is 3.54. The van der Waals surface area contributed by atoms with E-state index in [1.54, 1.807) is 24.8 Å². The van der Waals surface area contributed by atoms with E-state index < -0.39 is 17.2 Å². The molecular weight excluding hydrogens is 331 g/mol. The molecule has 1 atom stereocenters. The third-order valence-electron chi connectivity index (χ3n) is 5.58. The zero-order chi connectivity index (χ0) is 18.3. The molecular formula is C19H24F3NO2. The van der Waals surface area contributed by atoms with E-state index in [-0.39, 0.29) is 11.3 Å². The number of rotatable bonds is 2. The first-order valence-electron chi connectivity index (χ1n) is 8.69. The highest BCUT2D eigenvalue weighted by Gasteiger charge is 2.45. The number of benzene rings is 1. The van der Waals surface area contributed by atoms with E-state index in [2.05, 4.69) is 0 Å². The second-order valence-electron chi connectivity index (χ2n) is 7.84. The van der Waals surface area contributed by atoms with E-state index in [9.17, 15) is 18.0 Å². The molecule has 1 unspecified atom stereocenters. The van der Waals surface area contributed by atoms with E-state index >= 15 is 0 Å². The van der Waals surface area contributed by atoms with Crippen molar-refractivity contribution >= 4 is 5.91 Å². The highest BCUT2D eigenvalue weighted by Crippen LogP contribution is 2.40. The maximum atomic E-state index is 13.1. The zero-order valence-corrected chi connectivity index (χ0v) is 14.7. The summed E-state index contributed by atoms with van der Waals surface area (Å²) < 4.78 is 44.6. The van der Waals surface area contributed by atoms with Gasteiger partial charge in [0.25, 0.3) is 0 Å². The Morgan fingerprint density at radius 2 is 1.92 bits per heavy atom. The molecule has 0 radical (unpaired) electrons. The molecule has 1 spiro atoms. The van der Waals surface area contributed by atoms with Crippen LogP contribution in [-0.4, -0.2) is 37.1 Å². The summed E-state index contributed by atoms with van der Waals surface area (Å²) in [5.41, 5.74) is -1.29. The quantitative estimate of drug-likeness (QED) is 0.802. The molecule has 2 aliphatic rings. The van der Waals surface area contributed by atoms with Gasteiger partial charge in [-0.2, -0.15) is 13.2 Å². The van der Waals surface area contributed by atoms with Crippen molar-refractivity contribution in [2.45, 2.75) is 44.7 Å². The minimum absolute atomic E-state index is 0.0256. The fourth-order valence-corrected chi connectivity index (χ4v) is 3.94. The van der Waals surface area contributed by atoms with Crippen LogP contribution in [0.3, 0.4) is 0 Å². The van der Waals surface area contributed by atoms with E-state index in [0.717, 1.165) is 38.0 Å². The Kier molecular flexibility index (Phi) is 4.60. The number of nitrogens with zero attached hydrogens (tertiary/aromatic N) is 1. The SMILES string of the molecule is CC(C)(C(=O)N1CCC2(CCCOC2)C1)c1cccc(C(F)(F)F)c1. The highest BCUT2D eigenvalue weighted by atomic mass is 19.4. The molecule has 138 valence electrons. The molecule has 1 aromatic rings. The molecule has 3 rings (SSSR count). The first-order valence-corrected chi connectivity index (χ1v) is 8.69.